The van der Waals surface area contributed by atoms with Crippen LogP contribution in [0.1, 0.15) is 24.0 Å². The summed E-state index contributed by atoms with van der Waals surface area (Å²) in [7, 11) is -3.97. The Hall–Kier alpha value is -3.10. The molecule has 1 aliphatic rings. The molecule has 0 aliphatic carbocycles. The Morgan fingerprint density at radius 3 is 1.85 bits per heavy atom. The number of nitrogens with zero attached hydrogens (tertiary/aromatic N) is 2. The summed E-state index contributed by atoms with van der Waals surface area (Å²) in [6, 6.07) is 22.1. The van der Waals surface area contributed by atoms with Crippen molar-refractivity contribution in [2.75, 3.05) is 13.1 Å². The zero-order chi connectivity index (χ0) is 24.1. The molecule has 0 bridgehead atoms. The molecule has 1 amide bonds. The zero-order valence-corrected chi connectivity index (χ0v) is 19.4. The number of halogens is 2. The first-order valence-electron chi connectivity index (χ1n) is 11.2. The number of carbonyl (C=O) groups excluding carboxylic acids is 1. The first-order valence-corrected chi connectivity index (χ1v) is 12.6. The molecule has 1 fully saturated rings. The van der Waals surface area contributed by atoms with E-state index in [0.717, 1.165) is 23.3 Å². The average Bonchev–Trinajstić information content (AvgIpc) is 2.86. The van der Waals surface area contributed by atoms with Gasteiger partial charge in [-0.2, -0.15) is 4.31 Å². The van der Waals surface area contributed by atoms with Gasteiger partial charge < -0.3 is 4.90 Å². The fourth-order valence-electron chi connectivity index (χ4n) is 4.21. The summed E-state index contributed by atoms with van der Waals surface area (Å²) < 4.78 is 53.8. The van der Waals surface area contributed by atoms with Gasteiger partial charge in [0.05, 0.1) is 4.90 Å². The number of benzene rings is 3. The van der Waals surface area contributed by atoms with Crippen LogP contribution in [0, 0.1) is 17.6 Å². The van der Waals surface area contributed by atoms with E-state index >= 15 is 0 Å². The van der Waals surface area contributed by atoms with Gasteiger partial charge >= 0.3 is 0 Å². The third-order valence-corrected chi connectivity index (χ3v) is 7.97. The van der Waals surface area contributed by atoms with Crippen LogP contribution >= 0.6 is 0 Å². The summed E-state index contributed by atoms with van der Waals surface area (Å²) in [5.41, 5.74) is 2.04. The predicted molar refractivity (Wildman–Crippen MR) is 125 cm³/mol. The minimum absolute atomic E-state index is 0.0161. The van der Waals surface area contributed by atoms with E-state index in [4.69, 9.17) is 0 Å². The topological polar surface area (TPSA) is 57.7 Å². The van der Waals surface area contributed by atoms with Gasteiger partial charge in [-0.1, -0.05) is 60.7 Å². The third-order valence-electron chi connectivity index (χ3n) is 6.08. The van der Waals surface area contributed by atoms with Gasteiger partial charge in [0.1, 0.15) is 0 Å². The molecule has 34 heavy (non-hydrogen) atoms. The minimum atomic E-state index is -3.97. The lowest BCUT2D eigenvalue weighted by Gasteiger charge is -2.34. The molecule has 0 spiro atoms. The van der Waals surface area contributed by atoms with Crippen molar-refractivity contribution in [3.63, 3.8) is 0 Å². The van der Waals surface area contributed by atoms with E-state index in [1.54, 1.807) is 0 Å². The van der Waals surface area contributed by atoms with Crippen LogP contribution in [0.5, 0.6) is 0 Å². The monoisotopic (exact) mass is 484 g/mol. The smallest absolute Gasteiger partial charge is 0.243 e. The maximum atomic E-state index is 13.6. The van der Waals surface area contributed by atoms with Gasteiger partial charge in [0, 0.05) is 32.1 Å². The Balaban J connectivity index is 1.46. The van der Waals surface area contributed by atoms with Gasteiger partial charge in [-0.25, -0.2) is 17.2 Å². The molecule has 1 saturated heterocycles. The van der Waals surface area contributed by atoms with Crippen LogP contribution in [0.15, 0.2) is 83.8 Å². The van der Waals surface area contributed by atoms with Crippen molar-refractivity contribution in [2.45, 2.75) is 30.8 Å². The Morgan fingerprint density at radius 2 is 1.35 bits per heavy atom. The number of hydrogen-bond acceptors (Lipinski definition) is 3. The van der Waals surface area contributed by atoms with Crippen molar-refractivity contribution in [1.82, 2.24) is 9.21 Å². The molecule has 0 aromatic heterocycles. The highest BCUT2D eigenvalue weighted by molar-refractivity contribution is 7.89. The van der Waals surface area contributed by atoms with E-state index in [1.807, 2.05) is 65.6 Å². The Labute approximate surface area is 198 Å². The Bertz CT molecular complexity index is 1190. The molecule has 178 valence electrons. The van der Waals surface area contributed by atoms with Gasteiger partial charge in [0.25, 0.3) is 0 Å². The number of carbonyl (C=O) groups is 1. The molecule has 0 radical (unpaired) electrons. The maximum absolute atomic E-state index is 13.6. The van der Waals surface area contributed by atoms with Crippen molar-refractivity contribution in [2.24, 2.45) is 5.92 Å². The number of piperidine rings is 1. The predicted octanol–water partition coefficient (Wildman–Crippen LogP) is 4.59. The van der Waals surface area contributed by atoms with Crippen LogP contribution in [0.3, 0.4) is 0 Å². The van der Waals surface area contributed by atoms with E-state index in [9.17, 15) is 22.0 Å². The van der Waals surface area contributed by atoms with Crippen LogP contribution in [-0.2, 0) is 27.9 Å². The number of sulfonamides is 1. The van der Waals surface area contributed by atoms with Crippen LogP contribution < -0.4 is 0 Å². The summed E-state index contributed by atoms with van der Waals surface area (Å²) in [4.78, 5) is 15.0. The average molecular weight is 485 g/mol. The Morgan fingerprint density at radius 1 is 0.824 bits per heavy atom. The van der Waals surface area contributed by atoms with Gasteiger partial charge in [-0.05, 0) is 42.2 Å². The van der Waals surface area contributed by atoms with Crippen molar-refractivity contribution in [1.29, 1.82) is 0 Å². The van der Waals surface area contributed by atoms with Crippen LogP contribution in [-0.4, -0.2) is 36.6 Å². The van der Waals surface area contributed by atoms with Crippen molar-refractivity contribution >= 4 is 15.9 Å². The normalized spacial score (nSPS) is 15.2. The van der Waals surface area contributed by atoms with E-state index in [1.165, 1.54) is 4.31 Å². The lowest BCUT2D eigenvalue weighted by molar-refractivity contribution is -0.138. The first kappa shape index (κ1) is 24.0. The van der Waals surface area contributed by atoms with Crippen molar-refractivity contribution < 1.29 is 22.0 Å². The lowest BCUT2D eigenvalue weighted by Crippen LogP contribution is -2.44. The van der Waals surface area contributed by atoms with E-state index in [2.05, 4.69) is 0 Å². The van der Waals surface area contributed by atoms with E-state index in [-0.39, 0.29) is 29.8 Å². The molecule has 3 aromatic rings. The highest BCUT2D eigenvalue weighted by Gasteiger charge is 2.34. The molecule has 3 aromatic carbocycles. The van der Waals surface area contributed by atoms with Crippen LogP contribution in [0.4, 0.5) is 8.78 Å². The second-order valence-corrected chi connectivity index (χ2v) is 10.4. The fourth-order valence-corrected chi connectivity index (χ4v) is 5.69. The molecule has 4 rings (SSSR count). The number of hydrogen-bond donors (Lipinski definition) is 0. The maximum Gasteiger partial charge on any atom is 0.243 e. The highest BCUT2D eigenvalue weighted by atomic mass is 32.2. The summed E-state index contributed by atoms with van der Waals surface area (Å²) >= 11 is 0. The second-order valence-electron chi connectivity index (χ2n) is 8.42. The lowest BCUT2D eigenvalue weighted by atomic mass is 9.96. The molecule has 5 nitrogen and oxygen atoms in total. The van der Waals surface area contributed by atoms with Crippen LogP contribution in [0.2, 0.25) is 0 Å². The molecular formula is C26H26F2N2O3S. The minimum Gasteiger partial charge on any atom is -0.334 e. The van der Waals surface area contributed by atoms with Crippen LogP contribution in [0.25, 0.3) is 0 Å². The summed E-state index contributed by atoms with van der Waals surface area (Å²) in [5.74, 6) is -2.63. The van der Waals surface area contributed by atoms with Gasteiger partial charge in [-0.3, -0.25) is 4.79 Å². The van der Waals surface area contributed by atoms with Gasteiger partial charge in [0.15, 0.2) is 11.6 Å². The summed E-state index contributed by atoms with van der Waals surface area (Å²) in [6.45, 7) is 1.20. The standard InChI is InChI=1S/C26H26F2N2O3S/c27-24-12-11-23(17-25(24)28)34(32,33)30-15-13-22(14-16-30)26(31)29(18-20-7-3-1-4-8-20)19-21-9-5-2-6-10-21/h1-12,17,22H,13-16,18-19H2. The second kappa shape index (κ2) is 10.4. The number of amides is 1. The summed E-state index contributed by atoms with van der Waals surface area (Å²) in [5, 5.41) is 0. The van der Waals surface area contributed by atoms with Crippen molar-refractivity contribution in [3.05, 3.63) is 102 Å². The highest BCUT2D eigenvalue weighted by Crippen LogP contribution is 2.27. The fraction of sp³-hybridized carbons (Fsp3) is 0.269. The van der Waals surface area contributed by atoms with E-state index < -0.39 is 21.7 Å². The molecule has 0 atom stereocenters. The molecule has 0 saturated carbocycles. The molecule has 8 heteroatoms. The first-order chi connectivity index (χ1) is 16.3. The van der Waals surface area contributed by atoms with Crippen molar-refractivity contribution in [3.8, 4) is 0 Å². The summed E-state index contributed by atoms with van der Waals surface area (Å²) in [6.07, 6.45) is 0.726. The zero-order valence-electron chi connectivity index (χ0n) is 18.6. The molecule has 1 aliphatic heterocycles. The van der Waals surface area contributed by atoms with E-state index in [0.29, 0.717) is 32.0 Å². The largest absolute Gasteiger partial charge is 0.334 e. The third kappa shape index (κ3) is 5.51. The molecule has 1 heterocycles. The Kier molecular flexibility index (Phi) is 7.38. The molecular weight excluding hydrogens is 458 g/mol. The quantitative estimate of drug-likeness (QED) is 0.493. The molecule has 0 N–H and O–H groups in total. The molecule has 0 unspecified atom stereocenters. The van der Waals surface area contributed by atoms with Gasteiger partial charge in [-0.15, -0.1) is 0 Å². The van der Waals surface area contributed by atoms with Gasteiger partial charge in [0.2, 0.25) is 15.9 Å². The number of rotatable bonds is 7. The SMILES string of the molecule is O=C(C1CCN(S(=O)(=O)c2ccc(F)c(F)c2)CC1)N(Cc1ccccc1)Cc1ccccc1.